The first kappa shape index (κ1) is 25.8. The summed E-state index contributed by atoms with van der Waals surface area (Å²) < 4.78 is 19.8. The van der Waals surface area contributed by atoms with E-state index in [1.165, 1.54) is 94.7 Å². The van der Waals surface area contributed by atoms with Crippen molar-refractivity contribution in [3.05, 3.63) is 53.3 Å². The summed E-state index contributed by atoms with van der Waals surface area (Å²) in [5, 5.41) is 7.01. The number of hydrogen-bond donors (Lipinski definition) is 2. The van der Waals surface area contributed by atoms with Crippen molar-refractivity contribution in [3.63, 3.8) is 0 Å². The fraction of sp³-hybridized carbons (Fsp3) is 0.531. The zero-order valence-electron chi connectivity index (χ0n) is 22.4. The summed E-state index contributed by atoms with van der Waals surface area (Å²) in [6.07, 6.45) is 16.2. The molecule has 198 valence electrons. The minimum Gasteiger partial charge on any atom is -0.455 e. The highest BCUT2D eigenvalue weighted by atomic mass is 19.1. The molecule has 0 radical (unpaired) electrons. The van der Waals surface area contributed by atoms with E-state index in [-0.39, 0.29) is 11.7 Å². The van der Waals surface area contributed by atoms with Gasteiger partial charge >= 0.3 is 0 Å². The Bertz CT molecular complexity index is 1210. The number of furan rings is 1. The van der Waals surface area contributed by atoms with Crippen LogP contribution in [0.5, 0.6) is 0 Å². The second-order valence-electron chi connectivity index (χ2n) is 11.1. The molecule has 37 heavy (non-hydrogen) atoms. The van der Waals surface area contributed by atoms with E-state index in [1.807, 2.05) is 13.1 Å². The smallest absolute Gasteiger partial charge is 0.255 e. The van der Waals surface area contributed by atoms with Crippen LogP contribution >= 0.6 is 0 Å². The van der Waals surface area contributed by atoms with Crippen molar-refractivity contribution in [1.29, 1.82) is 0 Å². The van der Waals surface area contributed by atoms with Crippen LogP contribution in [0.25, 0.3) is 22.3 Å². The molecule has 1 amide bonds. The van der Waals surface area contributed by atoms with Crippen LogP contribution in [0.4, 0.5) is 10.1 Å². The summed E-state index contributed by atoms with van der Waals surface area (Å²) >= 11 is 0. The predicted molar refractivity (Wildman–Crippen MR) is 150 cm³/mol. The molecular weight excluding hydrogens is 463 g/mol. The Labute approximate surface area is 220 Å². The Kier molecular flexibility index (Phi) is 8.17. The Balaban J connectivity index is 1.47. The molecule has 4 nitrogen and oxygen atoms in total. The summed E-state index contributed by atoms with van der Waals surface area (Å²) in [4.78, 5) is 13.1. The van der Waals surface area contributed by atoms with Crippen molar-refractivity contribution in [3.8, 4) is 11.3 Å². The quantitative estimate of drug-likeness (QED) is 0.342. The minimum absolute atomic E-state index is 0.188. The molecular formula is C32H41FN2O2. The summed E-state index contributed by atoms with van der Waals surface area (Å²) in [6.45, 7) is 0. The monoisotopic (exact) mass is 504 g/mol. The van der Waals surface area contributed by atoms with Gasteiger partial charge in [-0.3, -0.25) is 4.79 Å². The fourth-order valence-electron chi connectivity index (χ4n) is 6.94. The van der Waals surface area contributed by atoms with E-state index in [0.29, 0.717) is 28.4 Å². The predicted octanol–water partition coefficient (Wildman–Crippen LogP) is 8.66. The van der Waals surface area contributed by atoms with Crippen molar-refractivity contribution in [2.45, 2.75) is 83.0 Å². The van der Waals surface area contributed by atoms with Gasteiger partial charge in [0.2, 0.25) is 0 Å². The van der Waals surface area contributed by atoms with Crippen LogP contribution in [0.1, 0.15) is 98.9 Å². The molecule has 2 saturated carbocycles. The first-order valence-corrected chi connectivity index (χ1v) is 14.3. The third-order valence-corrected chi connectivity index (χ3v) is 8.96. The van der Waals surface area contributed by atoms with Crippen molar-refractivity contribution in [2.24, 2.45) is 11.8 Å². The molecule has 5 rings (SSSR count). The van der Waals surface area contributed by atoms with Crippen molar-refractivity contribution in [2.75, 3.05) is 19.4 Å². The van der Waals surface area contributed by atoms with Crippen molar-refractivity contribution < 1.29 is 13.6 Å². The molecule has 0 aliphatic heterocycles. The number of nitrogens with one attached hydrogen (secondary N) is 2. The lowest BCUT2D eigenvalue weighted by Gasteiger charge is -2.28. The molecule has 0 spiro atoms. The van der Waals surface area contributed by atoms with Gasteiger partial charge in [0.25, 0.3) is 5.91 Å². The van der Waals surface area contributed by atoms with E-state index in [1.54, 1.807) is 19.2 Å². The highest BCUT2D eigenvalue weighted by Crippen LogP contribution is 2.44. The average Bonchev–Trinajstić information content (AvgIpc) is 3.09. The van der Waals surface area contributed by atoms with Gasteiger partial charge in [-0.2, -0.15) is 0 Å². The molecule has 2 fully saturated rings. The van der Waals surface area contributed by atoms with E-state index in [9.17, 15) is 9.18 Å². The second-order valence-corrected chi connectivity index (χ2v) is 11.1. The maximum Gasteiger partial charge on any atom is 0.255 e. The summed E-state index contributed by atoms with van der Waals surface area (Å²) in [5.74, 6) is 2.20. The summed E-state index contributed by atoms with van der Waals surface area (Å²) in [6, 6.07) is 10.4. The standard InChI is InChI=1S/C32H41FN2O2/c1-34-28-20-29-27(30(32(36)35-2)31(37-29)24-15-17-25(33)18-16-24)19-26(28)23-12-8-11-22(13-14-23)21-9-6-4-3-5-7-10-21/h15-23,34H,3-14H2,1-2H3,(H,35,36). The van der Waals surface area contributed by atoms with Gasteiger partial charge in [0.15, 0.2) is 0 Å². The molecule has 0 saturated heterocycles. The van der Waals surface area contributed by atoms with Crippen LogP contribution in [0.2, 0.25) is 0 Å². The SMILES string of the molecule is CNC(=O)c1c(-c2ccc(F)cc2)oc2cc(NC)c(C3CCCC(C4CCCCCCC4)CC3)cc12. The number of amides is 1. The Hall–Kier alpha value is -2.82. The van der Waals surface area contributed by atoms with Crippen molar-refractivity contribution >= 4 is 22.6 Å². The number of benzene rings is 2. The third kappa shape index (κ3) is 5.56. The van der Waals surface area contributed by atoms with Crippen LogP contribution in [0.3, 0.4) is 0 Å². The number of carbonyl (C=O) groups excluding carboxylic acids is 1. The topological polar surface area (TPSA) is 54.3 Å². The van der Waals surface area contributed by atoms with Gasteiger partial charge in [-0.25, -0.2) is 4.39 Å². The molecule has 2 N–H and O–H groups in total. The van der Waals surface area contributed by atoms with Gasteiger partial charge < -0.3 is 15.1 Å². The van der Waals surface area contributed by atoms with E-state index in [4.69, 9.17) is 4.42 Å². The van der Waals surface area contributed by atoms with E-state index in [0.717, 1.165) is 22.9 Å². The Morgan fingerprint density at radius 2 is 1.51 bits per heavy atom. The average molecular weight is 505 g/mol. The maximum absolute atomic E-state index is 13.6. The van der Waals surface area contributed by atoms with Crippen LogP contribution in [-0.4, -0.2) is 20.0 Å². The molecule has 2 aliphatic rings. The highest BCUT2D eigenvalue weighted by Gasteiger charge is 2.29. The molecule has 2 atom stereocenters. The lowest BCUT2D eigenvalue weighted by molar-refractivity contribution is 0.0964. The molecule has 2 unspecified atom stereocenters. The molecule has 0 bridgehead atoms. The molecule has 2 aliphatic carbocycles. The number of hydrogen-bond acceptors (Lipinski definition) is 3. The largest absolute Gasteiger partial charge is 0.455 e. The van der Waals surface area contributed by atoms with Gasteiger partial charge in [-0.15, -0.1) is 0 Å². The Morgan fingerprint density at radius 1 is 0.838 bits per heavy atom. The van der Waals surface area contributed by atoms with E-state index >= 15 is 0 Å². The second kappa shape index (κ2) is 11.7. The normalized spacial score (nSPS) is 21.7. The first-order chi connectivity index (χ1) is 18.1. The van der Waals surface area contributed by atoms with Gasteiger partial charge in [-0.1, -0.05) is 57.8 Å². The number of carbonyl (C=O) groups is 1. The van der Waals surface area contributed by atoms with Crippen molar-refractivity contribution in [1.82, 2.24) is 5.32 Å². The van der Waals surface area contributed by atoms with Crippen LogP contribution in [0, 0.1) is 17.7 Å². The first-order valence-electron chi connectivity index (χ1n) is 14.3. The lowest BCUT2D eigenvalue weighted by Crippen LogP contribution is -2.18. The van der Waals surface area contributed by atoms with E-state index in [2.05, 4.69) is 16.7 Å². The minimum atomic E-state index is -0.313. The molecule has 2 aromatic carbocycles. The lowest BCUT2D eigenvalue weighted by atomic mass is 9.78. The number of halogens is 1. The summed E-state index contributed by atoms with van der Waals surface area (Å²) in [5.41, 5.74) is 4.25. The maximum atomic E-state index is 13.6. The highest BCUT2D eigenvalue weighted by molar-refractivity contribution is 6.11. The zero-order valence-corrected chi connectivity index (χ0v) is 22.4. The number of rotatable bonds is 5. The van der Waals surface area contributed by atoms with Crippen LogP contribution in [-0.2, 0) is 0 Å². The van der Waals surface area contributed by atoms with Gasteiger partial charge in [0.05, 0.1) is 5.56 Å². The number of fused-ring (bicyclic) bond motifs is 1. The van der Waals surface area contributed by atoms with Gasteiger partial charge in [-0.05, 0) is 72.9 Å². The molecule has 1 heterocycles. The molecule has 5 heteroatoms. The van der Waals surface area contributed by atoms with E-state index < -0.39 is 0 Å². The zero-order chi connectivity index (χ0) is 25.8. The Morgan fingerprint density at radius 3 is 2.22 bits per heavy atom. The number of anilines is 1. The third-order valence-electron chi connectivity index (χ3n) is 8.96. The molecule has 1 aromatic heterocycles. The van der Waals surface area contributed by atoms with Crippen LogP contribution in [0.15, 0.2) is 40.8 Å². The van der Waals surface area contributed by atoms with Gasteiger partial charge in [0, 0.05) is 36.8 Å². The van der Waals surface area contributed by atoms with Crippen LogP contribution < -0.4 is 10.6 Å². The summed E-state index contributed by atoms with van der Waals surface area (Å²) in [7, 11) is 3.60. The fourth-order valence-corrected chi connectivity index (χ4v) is 6.94. The molecule has 3 aromatic rings. The van der Waals surface area contributed by atoms with Gasteiger partial charge in [0.1, 0.15) is 17.2 Å².